The molecule has 5 heteroatoms. The fourth-order valence-corrected chi connectivity index (χ4v) is 4.71. The van der Waals surface area contributed by atoms with E-state index in [-0.39, 0.29) is 28.9 Å². The van der Waals surface area contributed by atoms with Gasteiger partial charge in [0.15, 0.2) is 0 Å². The van der Waals surface area contributed by atoms with Gasteiger partial charge < -0.3 is 14.2 Å². The lowest BCUT2D eigenvalue weighted by Crippen LogP contribution is -2.29. The lowest BCUT2D eigenvalue weighted by Gasteiger charge is -2.37. The average Bonchev–Trinajstić information content (AvgIpc) is 3.29. The summed E-state index contributed by atoms with van der Waals surface area (Å²) in [6, 6.07) is 0. The van der Waals surface area contributed by atoms with E-state index in [1.54, 1.807) is 0 Å². The Kier molecular flexibility index (Phi) is 13.0. The van der Waals surface area contributed by atoms with Crippen LogP contribution in [0.5, 0.6) is 0 Å². The van der Waals surface area contributed by atoms with Crippen LogP contribution < -0.4 is 0 Å². The predicted molar refractivity (Wildman–Crippen MR) is 134 cm³/mol. The van der Waals surface area contributed by atoms with Crippen LogP contribution in [0.3, 0.4) is 0 Å². The first-order valence-corrected chi connectivity index (χ1v) is 12.8. The second-order valence-corrected chi connectivity index (χ2v) is 10.5. The van der Waals surface area contributed by atoms with Crippen molar-refractivity contribution in [1.82, 2.24) is 0 Å². The number of hydrogen-bond acceptors (Lipinski definition) is 5. The second kappa shape index (κ2) is 14.6. The summed E-state index contributed by atoms with van der Waals surface area (Å²) in [5.74, 6) is 0.394. The van der Waals surface area contributed by atoms with Gasteiger partial charge in [0.05, 0.1) is 12.7 Å². The molecule has 0 aromatic rings. The van der Waals surface area contributed by atoms with Crippen molar-refractivity contribution < 1.29 is 23.8 Å². The summed E-state index contributed by atoms with van der Waals surface area (Å²) in [5, 5.41) is 0. The van der Waals surface area contributed by atoms with E-state index in [1.807, 2.05) is 0 Å². The monoisotopic (exact) mass is 464 g/mol. The summed E-state index contributed by atoms with van der Waals surface area (Å²) in [6.45, 7) is 19.9. The zero-order chi connectivity index (χ0) is 24.9. The van der Waals surface area contributed by atoms with E-state index < -0.39 is 0 Å². The van der Waals surface area contributed by atoms with Crippen molar-refractivity contribution in [1.29, 1.82) is 0 Å². The zero-order valence-corrected chi connectivity index (χ0v) is 21.8. The van der Waals surface area contributed by atoms with Crippen LogP contribution in [0.15, 0.2) is 25.3 Å². The van der Waals surface area contributed by atoms with Crippen LogP contribution in [0.1, 0.15) is 92.4 Å². The van der Waals surface area contributed by atoms with E-state index in [1.165, 1.54) is 31.4 Å². The molecular weight excluding hydrogens is 416 g/mol. The molecule has 5 unspecified atom stereocenters. The number of ether oxygens (including phenoxy) is 3. The topological polar surface area (TPSA) is 61.8 Å². The van der Waals surface area contributed by atoms with Gasteiger partial charge >= 0.3 is 11.9 Å². The summed E-state index contributed by atoms with van der Waals surface area (Å²) in [7, 11) is 0. The maximum absolute atomic E-state index is 11.5. The predicted octanol–water partition coefficient (Wildman–Crippen LogP) is 6.66. The van der Waals surface area contributed by atoms with Crippen LogP contribution in [0.25, 0.3) is 0 Å². The highest BCUT2D eigenvalue weighted by Gasteiger charge is 2.33. The molecule has 0 radical (unpaired) electrons. The van der Waals surface area contributed by atoms with Crippen molar-refractivity contribution in [2.24, 2.45) is 22.7 Å². The molecule has 0 aromatic carbocycles. The van der Waals surface area contributed by atoms with Gasteiger partial charge in [0, 0.05) is 24.2 Å². The largest absolute Gasteiger partial charge is 0.462 e. The van der Waals surface area contributed by atoms with Crippen molar-refractivity contribution >= 4 is 11.9 Å². The summed E-state index contributed by atoms with van der Waals surface area (Å²) in [4.78, 5) is 22.9. The molecule has 5 atom stereocenters. The van der Waals surface area contributed by atoms with Gasteiger partial charge in [0.1, 0.15) is 6.61 Å². The van der Waals surface area contributed by atoms with E-state index in [4.69, 9.17) is 14.2 Å². The fourth-order valence-electron chi connectivity index (χ4n) is 4.71. The third-order valence-corrected chi connectivity index (χ3v) is 7.98. The van der Waals surface area contributed by atoms with Crippen molar-refractivity contribution in [3.8, 4) is 0 Å². The third-order valence-electron chi connectivity index (χ3n) is 7.98. The Hall–Kier alpha value is -1.62. The quantitative estimate of drug-likeness (QED) is 0.178. The Morgan fingerprint density at radius 3 is 2.21 bits per heavy atom. The van der Waals surface area contributed by atoms with Crippen LogP contribution in [-0.2, 0) is 23.8 Å². The van der Waals surface area contributed by atoms with Crippen molar-refractivity contribution in [2.45, 2.75) is 98.5 Å². The molecule has 190 valence electrons. The van der Waals surface area contributed by atoms with Gasteiger partial charge in [-0.3, -0.25) is 0 Å². The smallest absolute Gasteiger partial charge is 0.330 e. The lowest BCUT2D eigenvalue weighted by atomic mass is 9.69. The van der Waals surface area contributed by atoms with Crippen molar-refractivity contribution in [2.75, 3.05) is 19.8 Å². The number of carbonyl (C=O) groups is 2. The molecule has 1 rings (SSSR count). The lowest BCUT2D eigenvalue weighted by molar-refractivity contribution is -0.142. The molecule has 1 fully saturated rings. The zero-order valence-electron chi connectivity index (χ0n) is 21.8. The van der Waals surface area contributed by atoms with E-state index in [9.17, 15) is 9.59 Å². The molecule has 1 aliphatic heterocycles. The van der Waals surface area contributed by atoms with E-state index in [0.717, 1.165) is 45.1 Å². The average molecular weight is 465 g/mol. The first-order chi connectivity index (χ1) is 15.6. The minimum Gasteiger partial charge on any atom is -0.462 e. The van der Waals surface area contributed by atoms with Crippen molar-refractivity contribution in [3.05, 3.63) is 25.3 Å². The van der Waals surface area contributed by atoms with E-state index in [2.05, 4.69) is 47.8 Å². The van der Waals surface area contributed by atoms with E-state index >= 15 is 0 Å². The van der Waals surface area contributed by atoms with Crippen LogP contribution in [0.4, 0.5) is 0 Å². The summed E-state index contributed by atoms with van der Waals surface area (Å²) in [5.41, 5.74) is 0.263. The highest BCUT2D eigenvalue weighted by atomic mass is 16.6. The van der Waals surface area contributed by atoms with Gasteiger partial charge in [0.25, 0.3) is 0 Å². The molecule has 0 saturated carbocycles. The standard InChI is InChI=1S/C28H48O5/c1-8-22(13-14-23-15-18-31-24(23)20-32-25(29)9-2)19-27(6,11-4)16-17-28(7,12-5)21-33-26(30)10-3/h9-10,22-24H,2-3,8,11-21H2,1,4-7H3. The van der Waals surface area contributed by atoms with Crippen LogP contribution >= 0.6 is 0 Å². The normalized spacial score (nSPS) is 22.6. The number of rotatable bonds is 17. The number of carbonyl (C=O) groups excluding carboxylic acids is 2. The Bertz CT molecular complexity index is 630. The maximum Gasteiger partial charge on any atom is 0.330 e. The Morgan fingerprint density at radius 1 is 1.03 bits per heavy atom. The Labute approximate surface area is 202 Å². The fraction of sp³-hybridized carbons (Fsp3) is 0.786. The second-order valence-electron chi connectivity index (χ2n) is 10.5. The van der Waals surface area contributed by atoms with Gasteiger partial charge in [-0.05, 0) is 55.8 Å². The van der Waals surface area contributed by atoms with Gasteiger partial charge in [-0.1, -0.05) is 67.0 Å². The van der Waals surface area contributed by atoms with E-state index in [0.29, 0.717) is 25.0 Å². The molecular formula is C28H48O5. The first-order valence-electron chi connectivity index (χ1n) is 12.8. The third kappa shape index (κ3) is 10.5. The van der Waals surface area contributed by atoms with Crippen LogP contribution in [0, 0.1) is 22.7 Å². The van der Waals surface area contributed by atoms with Gasteiger partial charge in [-0.2, -0.15) is 0 Å². The molecule has 33 heavy (non-hydrogen) atoms. The minimum absolute atomic E-state index is 0.00586. The Balaban J connectivity index is 2.61. The highest BCUT2D eigenvalue weighted by molar-refractivity contribution is 5.81. The molecule has 0 N–H and O–H groups in total. The number of hydrogen-bond donors (Lipinski definition) is 0. The van der Waals surface area contributed by atoms with Crippen LogP contribution in [0.2, 0.25) is 0 Å². The molecule has 0 spiro atoms. The van der Waals surface area contributed by atoms with Gasteiger partial charge in [-0.15, -0.1) is 0 Å². The molecule has 0 bridgehead atoms. The molecule has 0 aliphatic carbocycles. The molecule has 0 aromatic heterocycles. The molecule has 0 amide bonds. The summed E-state index contributed by atoms with van der Waals surface area (Å²) in [6.07, 6.45) is 12.4. The number of esters is 2. The molecule has 1 aliphatic rings. The Morgan fingerprint density at radius 2 is 1.64 bits per heavy atom. The highest BCUT2D eigenvalue weighted by Crippen LogP contribution is 2.42. The van der Waals surface area contributed by atoms with Crippen molar-refractivity contribution in [3.63, 3.8) is 0 Å². The maximum atomic E-state index is 11.5. The van der Waals surface area contributed by atoms with Crippen LogP contribution in [-0.4, -0.2) is 37.9 Å². The van der Waals surface area contributed by atoms with Gasteiger partial charge in [-0.25, -0.2) is 9.59 Å². The molecule has 5 nitrogen and oxygen atoms in total. The SMILES string of the molecule is C=CC(=O)OCC1OCCC1CCC(CC)CC(C)(CC)CCC(C)(CC)COC(=O)C=C. The minimum atomic E-state index is -0.382. The molecule has 1 heterocycles. The summed E-state index contributed by atoms with van der Waals surface area (Å²) >= 11 is 0. The van der Waals surface area contributed by atoms with Gasteiger partial charge in [0.2, 0.25) is 0 Å². The molecule has 1 saturated heterocycles. The summed E-state index contributed by atoms with van der Waals surface area (Å²) < 4.78 is 16.5. The first kappa shape index (κ1) is 29.4.